The Balaban J connectivity index is 2.63. The number of halogens is 2. The maximum Gasteiger partial charge on any atom is 0.161 e. The first-order chi connectivity index (χ1) is 8.50. The standard InChI is InChI=1S/C13H13ClIN3/c1-7(2)11-10(15)12(14)18-13(17-11)9-4-5-16-6-8(9)3/h4-7H,1-3H3. The monoisotopic (exact) mass is 373 g/mol. The van der Waals surface area contributed by atoms with Gasteiger partial charge in [0.15, 0.2) is 5.82 Å². The van der Waals surface area contributed by atoms with Crippen LogP contribution in [0.25, 0.3) is 11.4 Å². The molecule has 2 aromatic rings. The molecule has 2 heterocycles. The van der Waals surface area contributed by atoms with Crippen molar-refractivity contribution in [1.82, 2.24) is 15.0 Å². The van der Waals surface area contributed by atoms with Crippen LogP contribution >= 0.6 is 34.2 Å². The average Bonchev–Trinajstić information content (AvgIpc) is 2.33. The van der Waals surface area contributed by atoms with Gasteiger partial charge in [-0.2, -0.15) is 0 Å². The molecule has 0 fully saturated rings. The number of aryl methyl sites for hydroxylation is 1. The first-order valence-corrected chi connectivity index (χ1v) is 7.10. The fourth-order valence-corrected chi connectivity index (χ4v) is 2.70. The number of aromatic nitrogens is 3. The lowest BCUT2D eigenvalue weighted by Gasteiger charge is -2.11. The SMILES string of the molecule is Cc1cnccc1-c1nc(Cl)c(I)c(C(C)C)n1. The molecular formula is C13H13ClIN3. The lowest BCUT2D eigenvalue weighted by molar-refractivity contribution is 0.808. The van der Waals surface area contributed by atoms with Crippen molar-refractivity contribution in [2.24, 2.45) is 0 Å². The van der Waals surface area contributed by atoms with Crippen molar-refractivity contribution >= 4 is 34.2 Å². The summed E-state index contributed by atoms with van der Waals surface area (Å²) in [6, 6.07) is 1.91. The van der Waals surface area contributed by atoms with E-state index in [0.717, 1.165) is 20.4 Å². The van der Waals surface area contributed by atoms with E-state index in [1.807, 2.05) is 13.0 Å². The number of hydrogen-bond acceptors (Lipinski definition) is 3. The Bertz CT molecular complexity index is 584. The molecule has 94 valence electrons. The summed E-state index contributed by atoms with van der Waals surface area (Å²) in [5, 5.41) is 0.514. The molecule has 18 heavy (non-hydrogen) atoms. The Morgan fingerprint density at radius 2 is 2.00 bits per heavy atom. The molecular weight excluding hydrogens is 361 g/mol. The molecule has 0 atom stereocenters. The van der Waals surface area contributed by atoms with E-state index < -0.39 is 0 Å². The van der Waals surface area contributed by atoms with Crippen molar-refractivity contribution in [3.8, 4) is 11.4 Å². The summed E-state index contributed by atoms with van der Waals surface area (Å²) in [4.78, 5) is 13.1. The van der Waals surface area contributed by atoms with E-state index >= 15 is 0 Å². The molecule has 0 unspecified atom stereocenters. The van der Waals surface area contributed by atoms with Crippen molar-refractivity contribution in [2.75, 3.05) is 0 Å². The van der Waals surface area contributed by atoms with Crippen molar-refractivity contribution in [1.29, 1.82) is 0 Å². The smallest absolute Gasteiger partial charge is 0.161 e. The molecule has 5 heteroatoms. The van der Waals surface area contributed by atoms with Gasteiger partial charge in [-0.1, -0.05) is 25.4 Å². The van der Waals surface area contributed by atoms with Gasteiger partial charge in [0.25, 0.3) is 0 Å². The summed E-state index contributed by atoms with van der Waals surface area (Å²) in [5.74, 6) is 0.988. The summed E-state index contributed by atoms with van der Waals surface area (Å²) in [7, 11) is 0. The minimum Gasteiger partial charge on any atom is -0.264 e. The maximum absolute atomic E-state index is 6.19. The van der Waals surface area contributed by atoms with E-state index in [2.05, 4.69) is 51.4 Å². The molecule has 0 saturated carbocycles. The highest BCUT2D eigenvalue weighted by Gasteiger charge is 2.15. The van der Waals surface area contributed by atoms with E-state index in [0.29, 0.717) is 16.9 Å². The van der Waals surface area contributed by atoms with Crippen molar-refractivity contribution in [3.05, 3.63) is 38.4 Å². The van der Waals surface area contributed by atoms with Gasteiger partial charge in [-0.05, 0) is 47.1 Å². The Kier molecular flexibility index (Phi) is 4.17. The molecule has 0 spiro atoms. The van der Waals surface area contributed by atoms with Crippen LogP contribution in [0.2, 0.25) is 5.15 Å². The molecule has 0 saturated heterocycles. The van der Waals surface area contributed by atoms with E-state index in [9.17, 15) is 0 Å². The first-order valence-electron chi connectivity index (χ1n) is 5.64. The molecule has 0 aromatic carbocycles. The Morgan fingerprint density at radius 1 is 1.28 bits per heavy atom. The van der Waals surface area contributed by atoms with Crippen LogP contribution in [0.1, 0.15) is 31.0 Å². The van der Waals surface area contributed by atoms with Gasteiger partial charge < -0.3 is 0 Å². The van der Waals surface area contributed by atoms with Crippen molar-refractivity contribution in [2.45, 2.75) is 26.7 Å². The molecule has 2 aromatic heterocycles. The average molecular weight is 374 g/mol. The van der Waals surface area contributed by atoms with Crippen LogP contribution in [0.4, 0.5) is 0 Å². The predicted octanol–water partition coefficient (Wildman–Crippen LogP) is 4.23. The van der Waals surface area contributed by atoms with Gasteiger partial charge in [0.05, 0.1) is 9.26 Å². The number of nitrogens with zero attached hydrogens (tertiary/aromatic N) is 3. The second-order valence-corrected chi connectivity index (χ2v) is 5.82. The summed E-state index contributed by atoms with van der Waals surface area (Å²) in [6.07, 6.45) is 3.55. The van der Waals surface area contributed by atoms with Crippen molar-refractivity contribution < 1.29 is 0 Å². The van der Waals surface area contributed by atoms with Gasteiger partial charge in [0.2, 0.25) is 0 Å². The second kappa shape index (κ2) is 5.48. The molecule has 0 radical (unpaired) electrons. The van der Waals surface area contributed by atoms with Gasteiger partial charge in [0.1, 0.15) is 5.15 Å². The highest BCUT2D eigenvalue weighted by molar-refractivity contribution is 14.1. The third-order valence-electron chi connectivity index (χ3n) is 2.64. The quantitative estimate of drug-likeness (QED) is 0.584. The molecule has 3 nitrogen and oxygen atoms in total. The second-order valence-electron chi connectivity index (χ2n) is 4.38. The zero-order valence-corrected chi connectivity index (χ0v) is 13.3. The number of rotatable bonds is 2. The van der Waals surface area contributed by atoms with Crippen LogP contribution in [0, 0.1) is 10.5 Å². The molecule has 0 aliphatic heterocycles. The minimum absolute atomic E-state index is 0.318. The first kappa shape index (κ1) is 13.7. The van der Waals surface area contributed by atoms with Crippen LogP contribution in [0.15, 0.2) is 18.5 Å². The molecule has 2 rings (SSSR count). The molecule has 0 aliphatic rings. The van der Waals surface area contributed by atoms with Crippen LogP contribution in [-0.4, -0.2) is 15.0 Å². The zero-order valence-electron chi connectivity index (χ0n) is 10.4. The topological polar surface area (TPSA) is 38.7 Å². The lowest BCUT2D eigenvalue weighted by Crippen LogP contribution is -2.03. The summed E-state index contributed by atoms with van der Waals surface area (Å²) >= 11 is 8.39. The highest BCUT2D eigenvalue weighted by Crippen LogP contribution is 2.28. The van der Waals surface area contributed by atoms with Crippen molar-refractivity contribution in [3.63, 3.8) is 0 Å². The Morgan fingerprint density at radius 3 is 2.61 bits per heavy atom. The fourth-order valence-electron chi connectivity index (χ4n) is 1.66. The Labute approximate surface area is 125 Å². The Hall–Kier alpha value is -0.750. The van der Waals surface area contributed by atoms with Gasteiger partial charge in [-0.25, -0.2) is 9.97 Å². The van der Waals surface area contributed by atoms with Gasteiger partial charge in [0, 0.05) is 18.0 Å². The lowest BCUT2D eigenvalue weighted by atomic mass is 10.1. The molecule has 0 N–H and O–H groups in total. The van der Waals surface area contributed by atoms with E-state index in [-0.39, 0.29) is 0 Å². The van der Waals surface area contributed by atoms with E-state index in [1.54, 1.807) is 12.4 Å². The fraction of sp³-hybridized carbons (Fsp3) is 0.308. The molecule has 0 bridgehead atoms. The molecule has 0 amide bonds. The van der Waals surface area contributed by atoms with Gasteiger partial charge >= 0.3 is 0 Å². The molecule has 0 aliphatic carbocycles. The minimum atomic E-state index is 0.318. The number of pyridine rings is 1. The number of hydrogen-bond donors (Lipinski definition) is 0. The largest absolute Gasteiger partial charge is 0.264 e. The summed E-state index contributed by atoms with van der Waals surface area (Å²) < 4.78 is 0.930. The highest BCUT2D eigenvalue weighted by atomic mass is 127. The summed E-state index contributed by atoms with van der Waals surface area (Å²) in [6.45, 7) is 6.20. The van der Waals surface area contributed by atoms with Crippen LogP contribution in [0.3, 0.4) is 0 Å². The van der Waals surface area contributed by atoms with Gasteiger partial charge in [-0.3, -0.25) is 4.98 Å². The van der Waals surface area contributed by atoms with Crippen LogP contribution in [0.5, 0.6) is 0 Å². The van der Waals surface area contributed by atoms with E-state index in [4.69, 9.17) is 11.6 Å². The van der Waals surface area contributed by atoms with Gasteiger partial charge in [-0.15, -0.1) is 0 Å². The maximum atomic E-state index is 6.19. The normalized spacial score (nSPS) is 11.0. The zero-order chi connectivity index (χ0) is 13.3. The van der Waals surface area contributed by atoms with Crippen LogP contribution in [-0.2, 0) is 0 Å². The third-order valence-corrected chi connectivity index (χ3v) is 4.30. The summed E-state index contributed by atoms with van der Waals surface area (Å²) in [5.41, 5.74) is 3.01. The predicted molar refractivity (Wildman–Crippen MR) is 81.8 cm³/mol. The van der Waals surface area contributed by atoms with Crippen LogP contribution < -0.4 is 0 Å². The third kappa shape index (κ3) is 2.64. The van der Waals surface area contributed by atoms with E-state index in [1.165, 1.54) is 0 Å².